The number of ketones is 1. The zero-order chi connectivity index (χ0) is 29.7. The van der Waals surface area contributed by atoms with Crippen LogP contribution < -0.4 is 0 Å². The predicted molar refractivity (Wildman–Crippen MR) is 139 cm³/mol. The van der Waals surface area contributed by atoms with E-state index in [9.17, 15) is 44.3 Å². The van der Waals surface area contributed by atoms with Gasteiger partial charge in [-0.15, -0.1) is 11.6 Å². The minimum atomic E-state index is -6.66. The molecule has 0 aliphatic heterocycles. The van der Waals surface area contributed by atoms with Crippen LogP contribution in [-0.4, -0.2) is 70.1 Å². The minimum Gasteiger partial charge on any atom is -0.464 e. The lowest BCUT2D eigenvalue weighted by Crippen LogP contribution is -2.68. The lowest BCUT2D eigenvalue weighted by molar-refractivity contribution is -0.269. The van der Waals surface area contributed by atoms with Crippen molar-refractivity contribution in [2.75, 3.05) is 18.7 Å². The van der Waals surface area contributed by atoms with Gasteiger partial charge in [0.2, 0.25) is 0 Å². The maximum absolute atomic E-state index is 14.3. The van der Waals surface area contributed by atoms with Gasteiger partial charge in [0.1, 0.15) is 5.25 Å². The molecule has 0 saturated heterocycles. The largest absolute Gasteiger partial charge is 0.464 e. The van der Waals surface area contributed by atoms with E-state index in [1.807, 2.05) is 6.92 Å². The number of rotatable bonds is 13. The van der Waals surface area contributed by atoms with Gasteiger partial charge < -0.3 is 4.74 Å². The summed E-state index contributed by atoms with van der Waals surface area (Å²) in [4.78, 5) is 25.5. The van der Waals surface area contributed by atoms with Crippen LogP contribution in [0.1, 0.15) is 84.0 Å². The highest BCUT2D eigenvalue weighted by molar-refractivity contribution is 8.33. The van der Waals surface area contributed by atoms with Crippen LogP contribution in [0.4, 0.5) is 26.3 Å². The number of esters is 1. The molecule has 0 amide bonds. The standard InChI is InChI=1S/C24H37ClF6O6S2/c1-3-17(16-25)10-8-9-15-36-21(33)22(23(26,27)28,24(29,30)31)39(34,35)37-38(2,18-11-4-5-12-18)20-14-7-6-13-19(20)32/h17-18,20H,3-16H2,1-2H3/p+1. The first-order valence-electron chi connectivity index (χ1n) is 13.1. The van der Waals surface area contributed by atoms with Gasteiger partial charge >= 0.3 is 33.2 Å². The molecule has 2 saturated carbocycles. The zero-order valence-electron chi connectivity index (χ0n) is 22.1. The number of carbonyl (C=O) groups excluding carboxylic acids is 2. The lowest BCUT2D eigenvalue weighted by atomic mass is 9.99. The molecule has 0 heterocycles. The highest BCUT2D eigenvalue weighted by Gasteiger charge is 2.89. The molecule has 2 aliphatic rings. The summed E-state index contributed by atoms with van der Waals surface area (Å²) in [7, 11) is -9.90. The Morgan fingerprint density at radius 1 is 1.03 bits per heavy atom. The number of Topliss-reactive ketones (excluding diaryl/α,β-unsaturated/α-hetero) is 1. The van der Waals surface area contributed by atoms with Crippen molar-refractivity contribution in [1.82, 2.24) is 0 Å². The molecule has 1 N–H and O–H groups in total. The maximum Gasteiger partial charge on any atom is 0.435 e. The molecule has 2 fully saturated rings. The molecule has 0 aromatic heterocycles. The molecule has 0 aromatic rings. The number of halogens is 7. The van der Waals surface area contributed by atoms with Gasteiger partial charge in [-0.3, -0.25) is 8.42 Å². The topological polar surface area (TPSA) is 90.3 Å². The van der Waals surface area contributed by atoms with Crippen molar-refractivity contribution in [3.8, 4) is 0 Å². The molecule has 0 aromatic carbocycles. The van der Waals surface area contributed by atoms with Crippen molar-refractivity contribution in [3.63, 3.8) is 0 Å². The second-order valence-corrected chi connectivity index (χ2v) is 16.1. The number of hydrogen-bond acceptors (Lipinski definition) is 5. The minimum absolute atomic E-state index is 0.0455. The summed E-state index contributed by atoms with van der Waals surface area (Å²) in [6.07, 6.45) is -7.65. The first-order valence-corrected chi connectivity index (χ1v) is 17.2. The summed E-state index contributed by atoms with van der Waals surface area (Å²) < 4.78 is 115. The molecular formula is C24H38ClF6O6S2+. The number of hydrogen-bond donors (Lipinski definition) is 0. The molecular weight excluding hydrogens is 598 g/mol. The van der Waals surface area contributed by atoms with Crippen LogP contribution in [0.15, 0.2) is 0 Å². The van der Waals surface area contributed by atoms with Gasteiger partial charge in [0.25, 0.3) is 0 Å². The molecule has 0 bridgehead atoms. The summed E-state index contributed by atoms with van der Waals surface area (Å²) in [5, 5.41) is -1.74. The van der Waals surface area contributed by atoms with Gasteiger partial charge in [-0.05, 0) is 61.2 Å². The van der Waals surface area contributed by atoms with Crippen LogP contribution in [0, 0.1) is 5.92 Å². The van der Waals surface area contributed by atoms with Crippen molar-refractivity contribution in [2.45, 2.75) is 112 Å². The first-order chi connectivity index (χ1) is 18.0. The van der Waals surface area contributed by atoms with Crippen molar-refractivity contribution in [3.05, 3.63) is 0 Å². The molecule has 230 valence electrons. The second-order valence-electron chi connectivity index (χ2n) is 10.4. The Hall–Kier alpha value is -0.730. The van der Waals surface area contributed by atoms with E-state index in [-0.39, 0.29) is 25.2 Å². The fraction of sp³-hybridized carbons (Fsp3) is 0.917. The van der Waals surface area contributed by atoms with Crippen molar-refractivity contribution in [1.29, 1.82) is 0 Å². The summed E-state index contributed by atoms with van der Waals surface area (Å²) >= 11 is 5.77. The highest BCUT2D eigenvalue weighted by atomic mass is 35.5. The average molecular weight is 636 g/mol. The summed E-state index contributed by atoms with van der Waals surface area (Å²) in [6, 6.07) is 0. The van der Waals surface area contributed by atoms with Crippen LogP contribution in [0.5, 0.6) is 0 Å². The van der Waals surface area contributed by atoms with E-state index >= 15 is 0 Å². The number of unbranched alkanes of at least 4 members (excludes halogenated alkanes) is 1. The summed E-state index contributed by atoms with van der Waals surface area (Å²) in [5.41, 5.74) is 0. The van der Waals surface area contributed by atoms with E-state index in [0.717, 1.165) is 0 Å². The summed E-state index contributed by atoms with van der Waals surface area (Å²) in [6.45, 7) is 1.03. The Kier molecular flexibility index (Phi) is 11.9. The molecule has 3 unspecified atom stereocenters. The molecule has 3 atom stereocenters. The van der Waals surface area contributed by atoms with E-state index in [0.29, 0.717) is 63.7 Å². The Morgan fingerprint density at radius 2 is 1.59 bits per heavy atom. The van der Waals surface area contributed by atoms with E-state index in [1.165, 1.54) is 6.26 Å². The highest BCUT2D eigenvalue weighted by Crippen LogP contribution is 2.63. The maximum atomic E-state index is 14.3. The third-order valence-corrected chi connectivity index (χ3v) is 15.2. The monoisotopic (exact) mass is 635 g/mol. The van der Waals surface area contributed by atoms with Crippen LogP contribution in [-0.2, 0) is 24.4 Å². The predicted octanol–water partition coefficient (Wildman–Crippen LogP) is 7.06. The average Bonchev–Trinajstić information content (AvgIpc) is 3.35. The second kappa shape index (κ2) is 13.5. The van der Waals surface area contributed by atoms with Gasteiger partial charge in [-0.1, -0.05) is 32.6 Å². The number of ether oxygens (including phenoxy) is 1. The van der Waals surface area contributed by atoms with E-state index < -0.39 is 66.4 Å². The Morgan fingerprint density at radius 3 is 2.08 bits per heavy atom. The van der Waals surface area contributed by atoms with Gasteiger partial charge in [0.05, 0.1) is 11.9 Å². The molecule has 0 spiro atoms. The van der Waals surface area contributed by atoms with Gasteiger partial charge in [0.15, 0.2) is 5.78 Å². The fourth-order valence-electron chi connectivity index (χ4n) is 5.42. The van der Waals surface area contributed by atoms with Crippen molar-refractivity contribution in [2.24, 2.45) is 5.92 Å². The molecule has 15 heteroatoms. The normalized spacial score (nSPS) is 23.3. The first kappa shape index (κ1) is 34.5. The molecule has 39 heavy (non-hydrogen) atoms. The molecule has 2 rings (SSSR count). The lowest BCUT2D eigenvalue weighted by Gasteiger charge is -2.44. The molecule has 0 radical (unpaired) electrons. The van der Waals surface area contributed by atoms with E-state index in [2.05, 4.69) is 8.37 Å². The quantitative estimate of drug-likeness (QED) is 0.0540. The zero-order valence-corrected chi connectivity index (χ0v) is 24.5. The Labute approximate surface area is 232 Å². The third kappa shape index (κ3) is 7.20. The van der Waals surface area contributed by atoms with Gasteiger partial charge in [-0.2, -0.15) is 34.8 Å². The van der Waals surface area contributed by atoms with Crippen molar-refractivity contribution < 1.29 is 52.7 Å². The third-order valence-electron chi connectivity index (χ3n) is 7.82. The molecule has 2 aliphatic carbocycles. The van der Waals surface area contributed by atoms with E-state index in [1.54, 1.807) is 0 Å². The number of alkyl halides is 7. The van der Waals surface area contributed by atoms with Crippen LogP contribution in [0.2, 0.25) is 0 Å². The van der Waals surface area contributed by atoms with Crippen LogP contribution in [0.25, 0.3) is 0 Å². The Bertz CT molecular complexity index is 934. The van der Waals surface area contributed by atoms with Gasteiger partial charge in [0, 0.05) is 18.6 Å². The van der Waals surface area contributed by atoms with E-state index in [4.69, 9.17) is 11.6 Å². The molecule has 6 nitrogen and oxygen atoms in total. The van der Waals surface area contributed by atoms with Crippen LogP contribution in [0.3, 0.4) is 0 Å². The summed E-state index contributed by atoms with van der Waals surface area (Å²) in [5.74, 6) is -3.00. The van der Waals surface area contributed by atoms with Gasteiger partial charge in [-0.25, -0.2) is 4.79 Å². The van der Waals surface area contributed by atoms with Crippen LogP contribution >= 0.6 is 21.9 Å². The SMILES string of the molecule is CCC(CCl)CCCCOC(=O)C(C(F)(F)F)(C(F)(F)F)S(=O)(=O)[OH+]S(C)(C1CCCC1)C1CCCCC1=O. The van der Waals surface area contributed by atoms with Crippen molar-refractivity contribution >= 4 is 43.8 Å². The number of carbonyl (C=O) groups is 2. The smallest absolute Gasteiger partial charge is 0.435 e. The Balaban J connectivity index is 2.47. The fourth-order valence-corrected chi connectivity index (χ4v) is 12.7.